The van der Waals surface area contributed by atoms with Gasteiger partial charge < -0.3 is 0 Å². The Bertz CT molecular complexity index is 459. The molecule has 0 amide bonds. The number of hydrogen-bond donors (Lipinski definition) is 0. The first-order valence-corrected chi connectivity index (χ1v) is 8.14. The normalized spacial score (nSPS) is 18.9. The zero-order valence-electron chi connectivity index (χ0n) is 13.8. The van der Waals surface area contributed by atoms with Crippen LogP contribution in [0.5, 0.6) is 0 Å². The van der Waals surface area contributed by atoms with Crippen molar-refractivity contribution in [2.24, 2.45) is 0 Å². The maximum Gasteiger partial charge on any atom is 0.179 e. The molecule has 1 atom stereocenters. The van der Waals surface area contributed by atoms with Crippen LogP contribution in [0.1, 0.15) is 43.6 Å². The van der Waals surface area contributed by atoms with Crippen molar-refractivity contribution < 1.29 is 4.79 Å². The van der Waals surface area contributed by atoms with Crippen molar-refractivity contribution in [1.82, 2.24) is 9.80 Å². The molecule has 3 heteroatoms. The van der Waals surface area contributed by atoms with Gasteiger partial charge in [-0.15, -0.1) is 0 Å². The fourth-order valence-corrected chi connectivity index (χ4v) is 2.95. The second-order valence-corrected chi connectivity index (χ2v) is 6.26. The molecule has 1 unspecified atom stereocenters. The molecule has 1 fully saturated rings. The van der Waals surface area contributed by atoms with Gasteiger partial charge in [0.1, 0.15) is 0 Å². The van der Waals surface area contributed by atoms with Gasteiger partial charge >= 0.3 is 0 Å². The first-order chi connectivity index (χ1) is 10.0. The second kappa shape index (κ2) is 7.19. The van der Waals surface area contributed by atoms with Gasteiger partial charge in [-0.3, -0.25) is 14.6 Å². The van der Waals surface area contributed by atoms with Crippen LogP contribution in [0, 0.1) is 0 Å². The van der Waals surface area contributed by atoms with Crippen LogP contribution >= 0.6 is 0 Å². The third-order valence-electron chi connectivity index (χ3n) is 4.65. The lowest BCUT2D eigenvalue weighted by molar-refractivity contribution is 0.0639. The van der Waals surface area contributed by atoms with Crippen LogP contribution in [0.2, 0.25) is 0 Å². The molecule has 0 spiro atoms. The molecule has 1 saturated heterocycles. The number of ketones is 1. The van der Waals surface area contributed by atoms with E-state index in [1.165, 1.54) is 5.56 Å². The average molecular weight is 288 g/mol. The summed E-state index contributed by atoms with van der Waals surface area (Å²) in [6.07, 6.45) is 1.02. The van der Waals surface area contributed by atoms with Crippen LogP contribution in [0.15, 0.2) is 24.3 Å². The minimum Gasteiger partial charge on any atom is -0.298 e. The largest absolute Gasteiger partial charge is 0.298 e. The summed E-state index contributed by atoms with van der Waals surface area (Å²) in [7, 11) is 0. The summed E-state index contributed by atoms with van der Waals surface area (Å²) >= 11 is 0. The highest BCUT2D eigenvalue weighted by Crippen LogP contribution is 2.14. The Morgan fingerprint density at radius 1 is 1.00 bits per heavy atom. The number of aryl methyl sites for hydroxylation is 1. The van der Waals surface area contributed by atoms with Gasteiger partial charge in [0, 0.05) is 37.8 Å². The molecule has 2 rings (SSSR count). The summed E-state index contributed by atoms with van der Waals surface area (Å²) in [5, 5.41) is 0. The standard InChI is InChI=1S/C18H28N2O/c1-5-16-6-8-17(9-7-16)18(21)15(4)20-12-10-19(11-13-20)14(2)3/h6-9,14-15H,5,10-13H2,1-4H3. The van der Waals surface area contributed by atoms with E-state index in [1.54, 1.807) is 0 Å². The summed E-state index contributed by atoms with van der Waals surface area (Å²) in [5.41, 5.74) is 2.12. The number of carbonyl (C=O) groups is 1. The van der Waals surface area contributed by atoms with Crippen LogP contribution in [0.3, 0.4) is 0 Å². The van der Waals surface area contributed by atoms with Gasteiger partial charge in [-0.05, 0) is 32.8 Å². The molecule has 0 aromatic heterocycles. The Morgan fingerprint density at radius 3 is 2.00 bits per heavy atom. The highest BCUT2D eigenvalue weighted by Gasteiger charge is 2.26. The molecule has 0 bridgehead atoms. The minimum absolute atomic E-state index is 0.0215. The van der Waals surface area contributed by atoms with Crippen molar-refractivity contribution in [3.63, 3.8) is 0 Å². The van der Waals surface area contributed by atoms with Crippen LogP contribution in [-0.4, -0.2) is 53.8 Å². The summed E-state index contributed by atoms with van der Waals surface area (Å²) in [6, 6.07) is 8.66. The third kappa shape index (κ3) is 3.92. The number of Topliss-reactive ketones (excluding diaryl/α,β-unsaturated/α-hetero) is 1. The van der Waals surface area contributed by atoms with E-state index in [9.17, 15) is 4.79 Å². The fraction of sp³-hybridized carbons (Fsp3) is 0.611. The lowest BCUT2D eigenvalue weighted by atomic mass is 10.0. The molecular weight excluding hydrogens is 260 g/mol. The Labute approximate surface area is 128 Å². The average Bonchev–Trinajstić information content (AvgIpc) is 2.53. The van der Waals surface area contributed by atoms with E-state index in [4.69, 9.17) is 0 Å². The van der Waals surface area contributed by atoms with E-state index in [0.717, 1.165) is 38.2 Å². The van der Waals surface area contributed by atoms with E-state index in [1.807, 2.05) is 19.1 Å². The number of piperazine rings is 1. The molecule has 0 N–H and O–H groups in total. The summed E-state index contributed by atoms with van der Waals surface area (Å²) < 4.78 is 0. The van der Waals surface area contributed by atoms with Gasteiger partial charge in [0.05, 0.1) is 6.04 Å². The lowest BCUT2D eigenvalue weighted by Crippen LogP contribution is -2.53. The first kappa shape index (κ1) is 16.2. The zero-order valence-corrected chi connectivity index (χ0v) is 13.8. The van der Waals surface area contributed by atoms with Gasteiger partial charge in [-0.1, -0.05) is 31.2 Å². The van der Waals surface area contributed by atoms with Gasteiger partial charge in [-0.25, -0.2) is 0 Å². The van der Waals surface area contributed by atoms with E-state index in [0.29, 0.717) is 6.04 Å². The highest BCUT2D eigenvalue weighted by atomic mass is 16.1. The SMILES string of the molecule is CCc1ccc(C(=O)C(C)N2CCN(C(C)C)CC2)cc1. The Morgan fingerprint density at radius 2 is 1.52 bits per heavy atom. The number of carbonyl (C=O) groups excluding carboxylic acids is 1. The van der Waals surface area contributed by atoms with Gasteiger partial charge in [-0.2, -0.15) is 0 Å². The Kier molecular flexibility index (Phi) is 5.54. The number of hydrogen-bond acceptors (Lipinski definition) is 3. The van der Waals surface area contributed by atoms with Crippen molar-refractivity contribution in [2.75, 3.05) is 26.2 Å². The Balaban J connectivity index is 1.96. The molecule has 21 heavy (non-hydrogen) atoms. The molecule has 0 radical (unpaired) electrons. The van der Waals surface area contributed by atoms with Crippen LogP contribution in [0.4, 0.5) is 0 Å². The molecule has 0 aliphatic carbocycles. The third-order valence-corrected chi connectivity index (χ3v) is 4.65. The van der Waals surface area contributed by atoms with E-state index in [2.05, 4.69) is 42.7 Å². The number of nitrogens with zero attached hydrogens (tertiary/aromatic N) is 2. The van der Waals surface area contributed by atoms with E-state index < -0.39 is 0 Å². The lowest BCUT2D eigenvalue weighted by Gasteiger charge is -2.39. The number of benzene rings is 1. The topological polar surface area (TPSA) is 23.6 Å². The predicted octanol–water partition coefficient (Wildman–Crippen LogP) is 2.85. The summed E-state index contributed by atoms with van der Waals surface area (Å²) in [4.78, 5) is 17.4. The summed E-state index contributed by atoms with van der Waals surface area (Å²) in [6.45, 7) is 12.7. The predicted molar refractivity (Wildman–Crippen MR) is 87.9 cm³/mol. The van der Waals surface area contributed by atoms with Crippen LogP contribution in [0.25, 0.3) is 0 Å². The van der Waals surface area contributed by atoms with Crippen molar-refractivity contribution in [3.05, 3.63) is 35.4 Å². The Hall–Kier alpha value is -1.19. The quantitative estimate of drug-likeness (QED) is 0.778. The molecule has 1 aromatic carbocycles. The molecule has 1 heterocycles. The van der Waals surface area contributed by atoms with Gasteiger partial charge in [0.2, 0.25) is 0 Å². The molecule has 116 valence electrons. The van der Waals surface area contributed by atoms with E-state index >= 15 is 0 Å². The molecule has 1 aliphatic heterocycles. The van der Waals surface area contributed by atoms with Crippen molar-refractivity contribution >= 4 is 5.78 Å². The fourth-order valence-electron chi connectivity index (χ4n) is 2.95. The molecular formula is C18H28N2O. The van der Waals surface area contributed by atoms with Crippen molar-refractivity contribution in [1.29, 1.82) is 0 Å². The van der Waals surface area contributed by atoms with Crippen LogP contribution in [-0.2, 0) is 6.42 Å². The molecule has 1 aromatic rings. The maximum atomic E-state index is 12.6. The van der Waals surface area contributed by atoms with Crippen molar-refractivity contribution in [2.45, 2.75) is 46.2 Å². The number of rotatable bonds is 5. The first-order valence-electron chi connectivity index (χ1n) is 8.14. The molecule has 0 saturated carbocycles. The van der Waals surface area contributed by atoms with E-state index in [-0.39, 0.29) is 11.8 Å². The maximum absolute atomic E-state index is 12.6. The minimum atomic E-state index is -0.0215. The van der Waals surface area contributed by atoms with Gasteiger partial charge in [0.25, 0.3) is 0 Å². The van der Waals surface area contributed by atoms with Crippen molar-refractivity contribution in [3.8, 4) is 0 Å². The second-order valence-electron chi connectivity index (χ2n) is 6.26. The molecule has 1 aliphatic rings. The smallest absolute Gasteiger partial charge is 0.179 e. The monoisotopic (exact) mass is 288 g/mol. The highest BCUT2D eigenvalue weighted by molar-refractivity contribution is 5.99. The zero-order chi connectivity index (χ0) is 15.4. The van der Waals surface area contributed by atoms with Crippen LogP contribution < -0.4 is 0 Å². The summed E-state index contributed by atoms with van der Waals surface area (Å²) in [5.74, 6) is 0.246. The molecule has 3 nitrogen and oxygen atoms in total. The van der Waals surface area contributed by atoms with Gasteiger partial charge in [0.15, 0.2) is 5.78 Å².